The molecule has 0 spiro atoms. The summed E-state index contributed by atoms with van der Waals surface area (Å²) in [6.07, 6.45) is 1.86. The second kappa shape index (κ2) is 6.48. The van der Waals surface area contributed by atoms with Gasteiger partial charge in [0, 0.05) is 11.8 Å². The second-order valence-electron chi connectivity index (χ2n) is 4.24. The van der Waals surface area contributed by atoms with E-state index >= 15 is 0 Å². The summed E-state index contributed by atoms with van der Waals surface area (Å²) in [7, 11) is -8.70. The van der Waals surface area contributed by atoms with E-state index in [2.05, 4.69) is 9.17 Å². The predicted molar refractivity (Wildman–Crippen MR) is 70.5 cm³/mol. The average Bonchev–Trinajstić information content (AvgIpc) is 2.25. The fraction of sp³-hybridized carbons (Fsp3) is 0.500. The van der Waals surface area contributed by atoms with Gasteiger partial charge in [0.05, 0.1) is 5.75 Å². The highest BCUT2D eigenvalue weighted by molar-refractivity contribution is 7.85. The number of rotatable bonds is 7. The minimum absolute atomic E-state index is 0.195. The standard InChI is InChI=1S/C10H15NO7S2/c1-8(4-3-7-19(12,13)14)9-5-2-6-11-10(9)18-20(15,16)17/h2,5-6,8H,3-4,7H2,1H3,(H,12,13,14)(H,15,16,17). The molecule has 0 amide bonds. The topological polar surface area (TPSA) is 131 Å². The molecule has 1 unspecified atom stereocenters. The van der Waals surface area contributed by atoms with Gasteiger partial charge >= 0.3 is 10.4 Å². The molecule has 0 fully saturated rings. The Morgan fingerprint density at radius 1 is 1.30 bits per heavy atom. The van der Waals surface area contributed by atoms with Crippen LogP contribution in [0.15, 0.2) is 18.3 Å². The van der Waals surface area contributed by atoms with Crippen LogP contribution < -0.4 is 4.18 Å². The van der Waals surface area contributed by atoms with Gasteiger partial charge in [-0.1, -0.05) is 13.0 Å². The molecule has 2 N–H and O–H groups in total. The zero-order valence-electron chi connectivity index (χ0n) is 10.6. The van der Waals surface area contributed by atoms with Crippen LogP contribution in [0.5, 0.6) is 5.88 Å². The van der Waals surface area contributed by atoms with Crippen molar-refractivity contribution >= 4 is 20.5 Å². The van der Waals surface area contributed by atoms with Gasteiger partial charge in [0.1, 0.15) is 0 Å². The maximum atomic E-state index is 10.7. The summed E-state index contributed by atoms with van der Waals surface area (Å²) in [4.78, 5) is 3.71. The van der Waals surface area contributed by atoms with Gasteiger partial charge in [0.25, 0.3) is 10.1 Å². The molecule has 114 valence electrons. The van der Waals surface area contributed by atoms with E-state index in [1.54, 1.807) is 19.1 Å². The third-order valence-corrected chi connectivity index (χ3v) is 3.73. The van der Waals surface area contributed by atoms with Gasteiger partial charge in [-0.3, -0.25) is 9.11 Å². The van der Waals surface area contributed by atoms with Crippen molar-refractivity contribution in [2.24, 2.45) is 0 Å². The number of aromatic nitrogens is 1. The van der Waals surface area contributed by atoms with Crippen LogP contribution in [0.25, 0.3) is 0 Å². The van der Waals surface area contributed by atoms with E-state index in [1.807, 2.05) is 0 Å². The molecule has 1 aromatic heterocycles. The van der Waals surface area contributed by atoms with E-state index < -0.39 is 20.5 Å². The normalized spacial score (nSPS) is 13.9. The smallest absolute Gasteiger partial charge is 0.341 e. The van der Waals surface area contributed by atoms with Crippen molar-refractivity contribution in [3.8, 4) is 5.88 Å². The summed E-state index contributed by atoms with van der Waals surface area (Å²) in [5, 5.41) is 0. The van der Waals surface area contributed by atoms with E-state index in [-0.39, 0.29) is 24.0 Å². The Bertz CT molecular complexity index is 654. The Morgan fingerprint density at radius 2 is 1.95 bits per heavy atom. The van der Waals surface area contributed by atoms with Crippen molar-refractivity contribution in [1.29, 1.82) is 0 Å². The summed E-state index contributed by atoms with van der Waals surface area (Å²) in [6, 6.07) is 3.12. The van der Waals surface area contributed by atoms with Crippen molar-refractivity contribution in [1.82, 2.24) is 4.98 Å². The Kier molecular flexibility index (Phi) is 5.45. The zero-order chi connectivity index (χ0) is 15.4. The van der Waals surface area contributed by atoms with Crippen LogP contribution in [-0.4, -0.2) is 36.7 Å². The number of nitrogens with zero attached hydrogens (tertiary/aromatic N) is 1. The Balaban J connectivity index is 2.80. The number of hydrogen-bond donors (Lipinski definition) is 2. The second-order valence-corrected chi connectivity index (χ2v) is 6.83. The third-order valence-electron chi connectivity index (χ3n) is 2.56. The molecule has 0 aliphatic rings. The molecule has 20 heavy (non-hydrogen) atoms. The fourth-order valence-electron chi connectivity index (χ4n) is 1.68. The maximum Gasteiger partial charge on any atom is 0.447 e. The molecule has 1 aromatic rings. The average molecular weight is 325 g/mol. The summed E-state index contributed by atoms with van der Waals surface area (Å²) >= 11 is 0. The molecular weight excluding hydrogens is 310 g/mol. The van der Waals surface area contributed by atoms with Crippen molar-refractivity contribution in [3.05, 3.63) is 23.9 Å². The molecular formula is C10H15NO7S2. The van der Waals surface area contributed by atoms with Crippen LogP contribution in [0.1, 0.15) is 31.2 Å². The van der Waals surface area contributed by atoms with Gasteiger partial charge in [0.15, 0.2) is 0 Å². The molecule has 10 heteroatoms. The lowest BCUT2D eigenvalue weighted by Crippen LogP contribution is -2.11. The summed E-state index contributed by atoms with van der Waals surface area (Å²) < 4.78 is 64.3. The van der Waals surface area contributed by atoms with Crippen LogP contribution in [0.2, 0.25) is 0 Å². The first-order chi connectivity index (χ1) is 9.08. The highest BCUT2D eigenvalue weighted by atomic mass is 32.3. The van der Waals surface area contributed by atoms with Gasteiger partial charge in [-0.05, 0) is 24.8 Å². The van der Waals surface area contributed by atoms with Crippen molar-refractivity contribution in [3.63, 3.8) is 0 Å². The first-order valence-electron chi connectivity index (χ1n) is 5.65. The summed E-state index contributed by atoms with van der Waals surface area (Å²) in [5.74, 6) is -0.900. The van der Waals surface area contributed by atoms with Crippen molar-refractivity contribution in [2.75, 3.05) is 5.75 Å². The van der Waals surface area contributed by atoms with Crippen LogP contribution in [0.3, 0.4) is 0 Å². The highest BCUT2D eigenvalue weighted by Gasteiger charge is 2.18. The van der Waals surface area contributed by atoms with E-state index in [9.17, 15) is 16.8 Å². The molecule has 0 aromatic carbocycles. The Hall–Kier alpha value is -1.23. The molecule has 1 rings (SSSR count). The largest absolute Gasteiger partial charge is 0.447 e. The summed E-state index contributed by atoms with van der Waals surface area (Å²) in [6.45, 7) is 1.72. The zero-order valence-corrected chi connectivity index (χ0v) is 12.3. The number of hydrogen-bond acceptors (Lipinski definition) is 6. The Labute approximate surface area is 117 Å². The summed E-state index contributed by atoms with van der Waals surface area (Å²) in [5.41, 5.74) is 0.417. The van der Waals surface area contributed by atoms with E-state index in [0.29, 0.717) is 12.0 Å². The van der Waals surface area contributed by atoms with E-state index in [4.69, 9.17) is 9.11 Å². The van der Waals surface area contributed by atoms with Crippen molar-refractivity contribution < 1.29 is 30.1 Å². The lowest BCUT2D eigenvalue weighted by molar-refractivity contribution is 0.377. The van der Waals surface area contributed by atoms with Crippen LogP contribution in [0, 0.1) is 0 Å². The minimum Gasteiger partial charge on any atom is -0.341 e. The van der Waals surface area contributed by atoms with E-state index in [0.717, 1.165) is 0 Å². The minimum atomic E-state index is -4.68. The quantitative estimate of drug-likeness (QED) is 0.711. The first-order valence-corrected chi connectivity index (χ1v) is 8.63. The van der Waals surface area contributed by atoms with E-state index in [1.165, 1.54) is 6.20 Å². The monoisotopic (exact) mass is 325 g/mol. The maximum absolute atomic E-state index is 10.7. The molecule has 0 bridgehead atoms. The third kappa shape index (κ3) is 6.28. The van der Waals surface area contributed by atoms with Crippen LogP contribution in [-0.2, 0) is 20.5 Å². The highest BCUT2D eigenvalue weighted by Crippen LogP contribution is 2.28. The lowest BCUT2D eigenvalue weighted by atomic mass is 9.98. The van der Waals surface area contributed by atoms with Crippen LogP contribution >= 0.6 is 0 Å². The molecule has 1 heterocycles. The SMILES string of the molecule is CC(CCCS(=O)(=O)O)c1cccnc1OS(=O)(=O)O. The van der Waals surface area contributed by atoms with Gasteiger partial charge < -0.3 is 4.18 Å². The lowest BCUT2D eigenvalue weighted by Gasteiger charge is -2.14. The number of pyridine rings is 1. The van der Waals surface area contributed by atoms with Gasteiger partial charge in [-0.15, -0.1) is 0 Å². The molecule has 0 saturated heterocycles. The van der Waals surface area contributed by atoms with Gasteiger partial charge in [0.2, 0.25) is 5.88 Å². The molecule has 0 aliphatic heterocycles. The van der Waals surface area contributed by atoms with Gasteiger partial charge in [-0.25, -0.2) is 4.98 Å². The fourth-order valence-corrected chi connectivity index (χ4v) is 2.55. The van der Waals surface area contributed by atoms with Crippen LogP contribution in [0.4, 0.5) is 0 Å². The Morgan fingerprint density at radius 3 is 2.50 bits per heavy atom. The van der Waals surface area contributed by atoms with Crippen molar-refractivity contribution in [2.45, 2.75) is 25.7 Å². The molecule has 0 aliphatic carbocycles. The molecule has 0 radical (unpaired) electrons. The molecule has 0 saturated carbocycles. The molecule has 8 nitrogen and oxygen atoms in total. The molecule has 1 atom stereocenters. The first kappa shape index (κ1) is 16.8. The van der Waals surface area contributed by atoms with Gasteiger partial charge in [-0.2, -0.15) is 16.8 Å². The predicted octanol–water partition coefficient (Wildman–Crippen LogP) is 1.03.